The third-order valence-electron chi connectivity index (χ3n) is 2.71. The van der Waals surface area contributed by atoms with Crippen molar-refractivity contribution in [3.05, 3.63) is 24.5 Å². The Hall–Kier alpha value is -2.11. The maximum Gasteiger partial charge on any atom is 0.407 e. The van der Waals surface area contributed by atoms with E-state index in [9.17, 15) is 9.59 Å². The largest absolute Gasteiger partial charge is 0.444 e. The Labute approximate surface area is 131 Å². The number of nitrogens with one attached hydrogen (secondary N) is 2. The van der Waals surface area contributed by atoms with E-state index in [0.717, 1.165) is 0 Å². The van der Waals surface area contributed by atoms with Crippen LogP contribution in [0, 0.1) is 5.41 Å². The topological polar surface area (TPSA) is 80.3 Å². The van der Waals surface area contributed by atoms with E-state index in [-0.39, 0.29) is 17.7 Å². The quantitative estimate of drug-likeness (QED) is 0.876. The molecule has 1 aromatic rings. The summed E-state index contributed by atoms with van der Waals surface area (Å²) in [6.07, 6.45) is 3.04. The van der Waals surface area contributed by atoms with Crippen LogP contribution >= 0.6 is 0 Å². The lowest BCUT2D eigenvalue weighted by Crippen LogP contribution is -2.39. The van der Waals surface area contributed by atoms with Crippen molar-refractivity contribution >= 4 is 17.7 Å². The fourth-order valence-corrected chi connectivity index (χ4v) is 1.76. The van der Waals surface area contributed by atoms with E-state index in [4.69, 9.17) is 4.74 Å². The molecule has 0 spiro atoms. The lowest BCUT2D eigenvalue weighted by molar-refractivity contribution is -0.118. The number of hydrogen-bond donors (Lipinski definition) is 2. The van der Waals surface area contributed by atoms with Crippen molar-refractivity contribution in [3.8, 4) is 0 Å². The second-order valence-corrected chi connectivity index (χ2v) is 6.98. The van der Waals surface area contributed by atoms with Crippen LogP contribution in [-0.4, -0.2) is 29.1 Å². The Morgan fingerprint density at radius 1 is 1.14 bits per heavy atom. The van der Waals surface area contributed by atoms with Crippen LogP contribution in [-0.2, 0) is 9.53 Å². The molecule has 6 heteroatoms. The molecule has 0 unspecified atom stereocenters. The first-order valence-electron chi connectivity index (χ1n) is 7.24. The second kappa shape index (κ2) is 7.24. The Balaban J connectivity index is 2.43. The molecule has 0 radical (unpaired) electrons. The number of carbonyl (C=O) groups is 2. The molecule has 122 valence electrons. The number of amides is 2. The Kier molecular flexibility index (Phi) is 5.91. The van der Waals surface area contributed by atoms with Crippen LogP contribution in [0.1, 0.15) is 41.0 Å². The summed E-state index contributed by atoms with van der Waals surface area (Å²) in [4.78, 5) is 27.6. The van der Waals surface area contributed by atoms with Crippen LogP contribution in [0.3, 0.4) is 0 Å². The van der Waals surface area contributed by atoms with Gasteiger partial charge in [0, 0.05) is 31.0 Å². The van der Waals surface area contributed by atoms with Gasteiger partial charge in [-0.2, -0.15) is 0 Å². The normalized spacial score (nSPS) is 11.7. The molecule has 0 aliphatic heterocycles. The average Bonchev–Trinajstić information content (AvgIpc) is 2.35. The van der Waals surface area contributed by atoms with Gasteiger partial charge in [0.15, 0.2) is 0 Å². The maximum atomic E-state index is 12.0. The van der Waals surface area contributed by atoms with Gasteiger partial charge in [0.05, 0.1) is 0 Å². The van der Waals surface area contributed by atoms with Gasteiger partial charge in [-0.3, -0.25) is 9.78 Å². The molecular weight excluding hydrogens is 282 g/mol. The van der Waals surface area contributed by atoms with Crippen molar-refractivity contribution in [2.24, 2.45) is 5.41 Å². The summed E-state index contributed by atoms with van der Waals surface area (Å²) in [6, 6.07) is 3.45. The minimum absolute atomic E-state index is 0.109. The van der Waals surface area contributed by atoms with Crippen LogP contribution < -0.4 is 10.6 Å². The van der Waals surface area contributed by atoms with E-state index in [1.54, 1.807) is 45.3 Å². The van der Waals surface area contributed by atoms with Gasteiger partial charge in [0.25, 0.3) is 0 Å². The molecule has 0 atom stereocenters. The number of aromatic nitrogens is 1. The third kappa shape index (κ3) is 7.61. The molecule has 6 nitrogen and oxygen atoms in total. The zero-order chi connectivity index (χ0) is 16.8. The van der Waals surface area contributed by atoms with Gasteiger partial charge in [0.1, 0.15) is 5.60 Å². The molecule has 2 amide bonds. The van der Waals surface area contributed by atoms with Crippen LogP contribution in [0.2, 0.25) is 0 Å². The van der Waals surface area contributed by atoms with E-state index in [1.807, 2.05) is 13.8 Å². The molecule has 0 bridgehead atoms. The minimum Gasteiger partial charge on any atom is -0.444 e. The predicted octanol–water partition coefficient (Wildman–Crippen LogP) is 2.96. The average molecular weight is 307 g/mol. The molecule has 0 saturated heterocycles. The van der Waals surface area contributed by atoms with E-state index < -0.39 is 11.7 Å². The molecule has 0 fully saturated rings. The number of nitrogens with zero attached hydrogens (tertiary/aromatic N) is 1. The molecule has 1 aromatic heterocycles. The highest BCUT2D eigenvalue weighted by atomic mass is 16.6. The number of rotatable bonds is 5. The molecule has 1 rings (SSSR count). The maximum absolute atomic E-state index is 12.0. The highest BCUT2D eigenvalue weighted by Crippen LogP contribution is 2.20. The number of anilines is 1. The van der Waals surface area contributed by atoms with E-state index >= 15 is 0 Å². The van der Waals surface area contributed by atoms with Crippen molar-refractivity contribution in [2.45, 2.75) is 46.6 Å². The smallest absolute Gasteiger partial charge is 0.407 e. The molecular formula is C16H25N3O3. The Morgan fingerprint density at radius 2 is 1.73 bits per heavy atom. The Bertz CT molecular complexity index is 507. The van der Waals surface area contributed by atoms with E-state index in [2.05, 4.69) is 15.6 Å². The van der Waals surface area contributed by atoms with Gasteiger partial charge in [-0.25, -0.2) is 4.79 Å². The van der Waals surface area contributed by atoms with Gasteiger partial charge in [-0.15, -0.1) is 0 Å². The summed E-state index contributed by atoms with van der Waals surface area (Å²) >= 11 is 0. The number of hydrogen-bond acceptors (Lipinski definition) is 4. The van der Waals surface area contributed by atoms with Gasteiger partial charge < -0.3 is 15.4 Å². The molecule has 0 saturated carbocycles. The first-order valence-corrected chi connectivity index (χ1v) is 7.24. The number of carbonyl (C=O) groups excluding carboxylic acids is 2. The van der Waals surface area contributed by atoms with Crippen molar-refractivity contribution < 1.29 is 14.3 Å². The molecule has 0 aliphatic carbocycles. The van der Waals surface area contributed by atoms with Crippen molar-refractivity contribution in [3.63, 3.8) is 0 Å². The van der Waals surface area contributed by atoms with Gasteiger partial charge >= 0.3 is 6.09 Å². The van der Waals surface area contributed by atoms with Crippen molar-refractivity contribution in [1.29, 1.82) is 0 Å². The zero-order valence-corrected chi connectivity index (χ0v) is 13.9. The summed E-state index contributed by atoms with van der Waals surface area (Å²) in [6.45, 7) is 9.60. The van der Waals surface area contributed by atoms with Crippen molar-refractivity contribution in [2.75, 3.05) is 11.9 Å². The van der Waals surface area contributed by atoms with E-state index in [0.29, 0.717) is 12.2 Å². The lowest BCUT2D eigenvalue weighted by atomic mass is 9.89. The highest BCUT2D eigenvalue weighted by molar-refractivity contribution is 5.91. The van der Waals surface area contributed by atoms with Gasteiger partial charge in [0.2, 0.25) is 5.91 Å². The molecule has 2 N–H and O–H groups in total. The first-order chi connectivity index (χ1) is 10.1. The SMILES string of the molecule is CC(C)(CNC(=O)OC(C)(C)C)CC(=O)Nc1ccncc1. The van der Waals surface area contributed by atoms with Crippen LogP contribution in [0.5, 0.6) is 0 Å². The zero-order valence-electron chi connectivity index (χ0n) is 13.9. The standard InChI is InChI=1S/C16H25N3O3/c1-15(2,3)22-14(21)18-11-16(4,5)10-13(20)19-12-6-8-17-9-7-12/h6-9H,10-11H2,1-5H3,(H,18,21)(H,17,19,20). The summed E-state index contributed by atoms with van der Waals surface area (Å²) in [5.41, 5.74) is -0.211. The van der Waals surface area contributed by atoms with Crippen LogP contribution in [0.4, 0.5) is 10.5 Å². The number of ether oxygens (including phenoxy) is 1. The lowest BCUT2D eigenvalue weighted by Gasteiger charge is -2.26. The predicted molar refractivity (Wildman–Crippen MR) is 85.5 cm³/mol. The number of alkyl carbamates (subject to hydrolysis) is 1. The summed E-state index contributed by atoms with van der Waals surface area (Å²) in [5, 5.41) is 5.50. The van der Waals surface area contributed by atoms with Gasteiger partial charge in [-0.05, 0) is 38.3 Å². The fraction of sp³-hybridized carbons (Fsp3) is 0.562. The Morgan fingerprint density at radius 3 is 2.27 bits per heavy atom. The second-order valence-electron chi connectivity index (χ2n) is 6.98. The summed E-state index contributed by atoms with van der Waals surface area (Å²) in [5.74, 6) is -0.109. The number of pyridine rings is 1. The summed E-state index contributed by atoms with van der Waals surface area (Å²) in [7, 11) is 0. The molecule has 0 aliphatic rings. The third-order valence-corrected chi connectivity index (χ3v) is 2.71. The first kappa shape index (κ1) is 17.9. The fourth-order valence-electron chi connectivity index (χ4n) is 1.76. The highest BCUT2D eigenvalue weighted by Gasteiger charge is 2.24. The molecule has 1 heterocycles. The molecule has 22 heavy (non-hydrogen) atoms. The monoisotopic (exact) mass is 307 g/mol. The summed E-state index contributed by atoms with van der Waals surface area (Å²) < 4.78 is 5.18. The van der Waals surface area contributed by atoms with Gasteiger partial charge in [-0.1, -0.05) is 13.8 Å². The minimum atomic E-state index is -0.535. The van der Waals surface area contributed by atoms with E-state index in [1.165, 1.54) is 0 Å². The molecule has 0 aromatic carbocycles. The van der Waals surface area contributed by atoms with Crippen molar-refractivity contribution in [1.82, 2.24) is 10.3 Å². The van der Waals surface area contributed by atoms with Crippen LogP contribution in [0.25, 0.3) is 0 Å². The van der Waals surface area contributed by atoms with Crippen LogP contribution in [0.15, 0.2) is 24.5 Å².